The van der Waals surface area contributed by atoms with Gasteiger partial charge < -0.3 is 5.11 Å². The zero-order valence-corrected chi connectivity index (χ0v) is 17.3. The summed E-state index contributed by atoms with van der Waals surface area (Å²) in [6.07, 6.45) is 2.17. The Morgan fingerprint density at radius 2 is 1.97 bits per heavy atom. The summed E-state index contributed by atoms with van der Waals surface area (Å²) in [7, 11) is 0. The lowest BCUT2D eigenvalue weighted by Crippen LogP contribution is -2.42. The maximum absolute atomic E-state index is 13.1. The maximum Gasteiger partial charge on any atom is 0.317 e. The van der Waals surface area contributed by atoms with Crippen LogP contribution in [0.15, 0.2) is 54.7 Å². The molecule has 0 aliphatic heterocycles. The van der Waals surface area contributed by atoms with Gasteiger partial charge in [-0.05, 0) is 37.1 Å². The van der Waals surface area contributed by atoms with Gasteiger partial charge in [-0.25, -0.2) is 4.98 Å². The van der Waals surface area contributed by atoms with E-state index in [9.17, 15) is 9.59 Å². The first-order chi connectivity index (χ1) is 14.5. The highest BCUT2D eigenvalue weighted by molar-refractivity contribution is 6.29. The Bertz CT molecular complexity index is 1020. The Morgan fingerprint density at radius 3 is 2.63 bits per heavy atom. The predicted molar refractivity (Wildman–Crippen MR) is 114 cm³/mol. The van der Waals surface area contributed by atoms with Gasteiger partial charge in [0, 0.05) is 24.0 Å². The van der Waals surface area contributed by atoms with Crippen molar-refractivity contribution in [2.75, 3.05) is 6.54 Å². The zero-order chi connectivity index (χ0) is 21.5. The van der Waals surface area contributed by atoms with Crippen LogP contribution in [-0.2, 0) is 29.0 Å². The molecule has 1 atom stereocenters. The fourth-order valence-corrected chi connectivity index (χ4v) is 3.41. The fraction of sp³-hybridized carbons (Fsp3) is 0.273. The summed E-state index contributed by atoms with van der Waals surface area (Å²) in [5.74, 6) is -1.09. The SMILES string of the molecule is CCn1nc(-c2ccnc(Cl)c2)cc1CC(=O)[C@H](Cc1ccccc1)NCC(=O)O. The van der Waals surface area contributed by atoms with Gasteiger partial charge in [-0.1, -0.05) is 41.9 Å². The van der Waals surface area contributed by atoms with Gasteiger partial charge >= 0.3 is 5.97 Å². The molecule has 0 bridgehead atoms. The van der Waals surface area contributed by atoms with Gasteiger partial charge in [0.2, 0.25) is 0 Å². The second-order valence-electron chi connectivity index (χ2n) is 6.86. The van der Waals surface area contributed by atoms with Gasteiger partial charge in [0.1, 0.15) is 5.15 Å². The van der Waals surface area contributed by atoms with E-state index in [1.54, 1.807) is 16.9 Å². The van der Waals surface area contributed by atoms with E-state index in [1.165, 1.54) is 0 Å². The number of carbonyl (C=O) groups excluding carboxylic acids is 1. The zero-order valence-electron chi connectivity index (χ0n) is 16.6. The van der Waals surface area contributed by atoms with Crippen LogP contribution in [0.4, 0.5) is 0 Å². The number of rotatable bonds is 10. The monoisotopic (exact) mass is 426 g/mol. The fourth-order valence-electron chi connectivity index (χ4n) is 3.24. The molecule has 2 aromatic heterocycles. The third-order valence-corrected chi connectivity index (χ3v) is 4.92. The van der Waals surface area contributed by atoms with Gasteiger partial charge in [-0.2, -0.15) is 5.10 Å². The number of benzene rings is 1. The molecule has 1 aromatic carbocycles. The second-order valence-corrected chi connectivity index (χ2v) is 7.25. The molecule has 0 aliphatic carbocycles. The highest BCUT2D eigenvalue weighted by Gasteiger charge is 2.22. The molecule has 0 amide bonds. The number of pyridine rings is 1. The van der Waals surface area contributed by atoms with Crippen LogP contribution in [0.2, 0.25) is 5.15 Å². The van der Waals surface area contributed by atoms with Crippen LogP contribution in [0.3, 0.4) is 0 Å². The highest BCUT2D eigenvalue weighted by atomic mass is 35.5. The molecule has 156 valence electrons. The van der Waals surface area contributed by atoms with Gasteiger partial charge in [-0.3, -0.25) is 19.6 Å². The van der Waals surface area contributed by atoms with Crippen LogP contribution >= 0.6 is 11.6 Å². The number of halogens is 1. The van der Waals surface area contributed by atoms with Crippen molar-refractivity contribution in [1.82, 2.24) is 20.1 Å². The number of aromatic nitrogens is 3. The summed E-state index contributed by atoms with van der Waals surface area (Å²) in [5, 5.41) is 16.8. The van der Waals surface area contributed by atoms with Crippen LogP contribution in [0.5, 0.6) is 0 Å². The molecule has 2 N–H and O–H groups in total. The van der Waals surface area contributed by atoms with E-state index in [2.05, 4.69) is 15.4 Å². The number of nitrogens with one attached hydrogen (secondary N) is 1. The lowest BCUT2D eigenvalue weighted by atomic mass is 9.99. The number of carboxylic acid groups (broad SMARTS) is 1. The first kappa shape index (κ1) is 21.7. The largest absolute Gasteiger partial charge is 0.480 e. The molecular formula is C22H23ClN4O3. The van der Waals surface area contributed by atoms with Crippen molar-refractivity contribution in [2.24, 2.45) is 0 Å². The number of hydrogen-bond donors (Lipinski definition) is 2. The Kier molecular flexibility index (Phi) is 7.32. The number of hydrogen-bond acceptors (Lipinski definition) is 5. The van der Waals surface area contributed by atoms with E-state index in [0.717, 1.165) is 16.8 Å². The summed E-state index contributed by atoms with van der Waals surface area (Å²) in [5.41, 5.74) is 3.26. The molecule has 0 radical (unpaired) electrons. The smallest absolute Gasteiger partial charge is 0.317 e. The van der Waals surface area contributed by atoms with Crippen LogP contribution in [0, 0.1) is 0 Å². The maximum atomic E-state index is 13.1. The predicted octanol–water partition coefficient (Wildman–Crippen LogP) is 3.02. The molecular weight excluding hydrogens is 404 g/mol. The number of carboxylic acids is 1. The molecule has 0 aliphatic rings. The van der Waals surface area contributed by atoms with Gasteiger partial charge in [0.15, 0.2) is 5.78 Å². The molecule has 8 heteroatoms. The average Bonchev–Trinajstić information content (AvgIpc) is 3.14. The molecule has 0 saturated heterocycles. The quantitative estimate of drug-likeness (QED) is 0.484. The Labute approximate surface area is 179 Å². The molecule has 0 fully saturated rings. The molecule has 3 rings (SSSR count). The first-order valence-electron chi connectivity index (χ1n) is 9.66. The molecule has 2 heterocycles. The van der Waals surface area contributed by atoms with E-state index in [0.29, 0.717) is 23.8 Å². The third-order valence-electron chi connectivity index (χ3n) is 4.71. The van der Waals surface area contributed by atoms with Gasteiger partial charge in [0.05, 0.1) is 24.7 Å². The lowest BCUT2D eigenvalue weighted by molar-refractivity contribution is -0.136. The number of aliphatic carboxylic acids is 1. The van der Waals surface area contributed by atoms with Crippen molar-refractivity contribution in [1.29, 1.82) is 0 Å². The second kappa shape index (κ2) is 10.1. The number of ketones is 1. The topological polar surface area (TPSA) is 97.1 Å². The van der Waals surface area contributed by atoms with E-state index in [-0.39, 0.29) is 18.7 Å². The lowest BCUT2D eigenvalue weighted by Gasteiger charge is -2.17. The minimum Gasteiger partial charge on any atom is -0.480 e. The standard InChI is InChI=1S/C22H23ClN4O3/c1-2-27-17(12-18(26-27)16-8-9-24-21(23)11-16)13-20(28)19(25-14-22(29)30)10-15-6-4-3-5-7-15/h3-9,11-12,19,25H,2,10,13-14H2,1H3,(H,29,30)/t19-/m0/s1. The number of aryl methyl sites for hydroxylation is 1. The van der Waals surface area contributed by atoms with E-state index < -0.39 is 12.0 Å². The van der Waals surface area contributed by atoms with E-state index >= 15 is 0 Å². The Balaban J connectivity index is 1.81. The summed E-state index contributed by atoms with van der Waals surface area (Å²) in [4.78, 5) is 28.1. The molecule has 0 spiro atoms. The normalized spacial score (nSPS) is 11.9. The highest BCUT2D eigenvalue weighted by Crippen LogP contribution is 2.22. The molecule has 7 nitrogen and oxygen atoms in total. The van der Waals surface area contributed by atoms with Crippen LogP contribution in [0.25, 0.3) is 11.3 Å². The number of carbonyl (C=O) groups is 2. The van der Waals surface area contributed by atoms with Crippen molar-refractivity contribution in [3.05, 3.63) is 71.1 Å². The average molecular weight is 427 g/mol. The van der Waals surface area contributed by atoms with Crippen molar-refractivity contribution in [3.63, 3.8) is 0 Å². The van der Waals surface area contributed by atoms with Crippen LogP contribution in [-0.4, -0.2) is 44.2 Å². The Hall–Kier alpha value is -3.03. The van der Waals surface area contributed by atoms with Crippen molar-refractivity contribution in [3.8, 4) is 11.3 Å². The minimum atomic E-state index is -1.00. The summed E-state index contributed by atoms with van der Waals surface area (Å²) in [6, 6.07) is 14.3. The van der Waals surface area contributed by atoms with Gasteiger partial charge in [0.25, 0.3) is 0 Å². The third kappa shape index (κ3) is 5.75. The van der Waals surface area contributed by atoms with E-state index in [1.807, 2.05) is 49.4 Å². The molecule has 0 unspecified atom stereocenters. The molecule has 30 heavy (non-hydrogen) atoms. The van der Waals surface area contributed by atoms with Crippen molar-refractivity contribution < 1.29 is 14.7 Å². The van der Waals surface area contributed by atoms with E-state index in [4.69, 9.17) is 16.7 Å². The van der Waals surface area contributed by atoms with Crippen LogP contribution in [0.1, 0.15) is 18.2 Å². The summed E-state index contributed by atoms with van der Waals surface area (Å²) >= 11 is 5.98. The molecule has 0 saturated carbocycles. The summed E-state index contributed by atoms with van der Waals surface area (Å²) in [6.45, 7) is 2.28. The van der Waals surface area contributed by atoms with Crippen LogP contribution < -0.4 is 5.32 Å². The van der Waals surface area contributed by atoms with Crippen molar-refractivity contribution >= 4 is 23.4 Å². The number of nitrogens with zero attached hydrogens (tertiary/aromatic N) is 3. The summed E-state index contributed by atoms with van der Waals surface area (Å²) < 4.78 is 1.78. The molecule has 3 aromatic rings. The number of Topliss-reactive ketones (excluding diaryl/α,β-unsaturated/α-hetero) is 1. The minimum absolute atomic E-state index is 0.0889. The Morgan fingerprint density at radius 1 is 1.20 bits per heavy atom. The van der Waals surface area contributed by atoms with Gasteiger partial charge in [-0.15, -0.1) is 0 Å². The van der Waals surface area contributed by atoms with Crippen molar-refractivity contribution in [2.45, 2.75) is 32.4 Å². The first-order valence-corrected chi connectivity index (χ1v) is 10.0.